The fourth-order valence-corrected chi connectivity index (χ4v) is 3.19. The molecular formula is C16H16ClN3O4S. The Bertz CT molecular complexity index is 764. The molecule has 7 nitrogen and oxygen atoms in total. The van der Waals surface area contributed by atoms with E-state index in [0.717, 1.165) is 11.8 Å². The van der Waals surface area contributed by atoms with Gasteiger partial charge in [-0.2, -0.15) is 9.98 Å². The number of rotatable bonds is 5. The van der Waals surface area contributed by atoms with Crippen LogP contribution in [0.5, 0.6) is 0 Å². The van der Waals surface area contributed by atoms with Gasteiger partial charge in [-0.1, -0.05) is 35.5 Å². The number of esters is 1. The van der Waals surface area contributed by atoms with Crippen LogP contribution in [0, 0.1) is 5.92 Å². The molecule has 1 aromatic rings. The maximum Gasteiger partial charge on any atom is 0.367 e. The van der Waals surface area contributed by atoms with Crippen LogP contribution in [0.2, 0.25) is 5.02 Å². The largest absolute Gasteiger partial charge is 0.465 e. The molecule has 0 saturated carbocycles. The first-order chi connectivity index (χ1) is 11.9. The Morgan fingerprint density at radius 1 is 1.32 bits per heavy atom. The van der Waals surface area contributed by atoms with Gasteiger partial charge in [0, 0.05) is 5.71 Å². The summed E-state index contributed by atoms with van der Waals surface area (Å²) >= 11 is 6.98. The average Bonchev–Trinajstić information content (AvgIpc) is 2.54. The van der Waals surface area contributed by atoms with Crippen molar-refractivity contribution in [3.63, 3.8) is 0 Å². The topological polar surface area (TPSA) is 97.2 Å². The van der Waals surface area contributed by atoms with Crippen molar-refractivity contribution >= 4 is 57.7 Å². The van der Waals surface area contributed by atoms with Crippen LogP contribution < -0.4 is 5.32 Å². The summed E-state index contributed by atoms with van der Waals surface area (Å²) in [4.78, 5) is 43.1. The van der Waals surface area contributed by atoms with Gasteiger partial charge in [0.15, 0.2) is 0 Å². The standard InChI is InChI=1S/C16H16ClN3O4S/c1-3-24-15(22)13-9(2)18-16(23)20-14(13)25-8-12(21)19-11-7-5-4-6-10(11)17/h4-7,13H,3,8H2,1-2H3,(H,19,21). The molecule has 0 spiro atoms. The maximum absolute atomic E-state index is 12.1. The lowest BCUT2D eigenvalue weighted by atomic mass is 10.1. The van der Waals surface area contributed by atoms with E-state index in [1.165, 1.54) is 0 Å². The number of urea groups is 1. The van der Waals surface area contributed by atoms with Gasteiger partial charge in [0.1, 0.15) is 5.92 Å². The van der Waals surface area contributed by atoms with Crippen LogP contribution in [0.4, 0.5) is 10.5 Å². The second-order valence-electron chi connectivity index (χ2n) is 4.99. The highest BCUT2D eigenvalue weighted by molar-refractivity contribution is 8.14. The number of hydrogen-bond acceptors (Lipinski definition) is 5. The lowest BCUT2D eigenvalue weighted by Crippen LogP contribution is -2.34. The Labute approximate surface area is 153 Å². The quantitative estimate of drug-likeness (QED) is 0.790. The summed E-state index contributed by atoms with van der Waals surface area (Å²) in [6.07, 6.45) is 0. The van der Waals surface area contributed by atoms with E-state index in [1.807, 2.05) is 0 Å². The van der Waals surface area contributed by atoms with Crippen molar-refractivity contribution in [2.45, 2.75) is 13.8 Å². The summed E-state index contributed by atoms with van der Waals surface area (Å²) in [7, 11) is 0. The van der Waals surface area contributed by atoms with Crippen molar-refractivity contribution in [1.29, 1.82) is 0 Å². The number of aliphatic imine (C=N–C) groups is 2. The molecule has 0 fully saturated rings. The molecule has 0 bridgehead atoms. The van der Waals surface area contributed by atoms with Gasteiger partial charge in [0.2, 0.25) is 5.91 Å². The van der Waals surface area contributed by atoms with Gasteiger partial charge in [0.25, 0.3) is 0 Å². The van der Waals surface area contributed by atoms with Gasteiger partial charge in [-0.05, 0) is 26.0 Å². The van der Waals surface area contributed by atoms with Crippen molar-refractivity contribution in [2.24, 2.45) is 15.9 Å². The van der Waals surface area contributed by atoms with E-state index in [4.69, 9.17) is 16.3 Å². The summed E-state index contributed by atoms with van der Waals surface area (Å²) in [6, 6.07) is 6.12. The summed E-state index contributed by atoms with van der Waals surface area (Å²) < 4.78 is 4.99. The molecule has 1 aliphatic heterocycles. The van der Waals surface area contributed by atoms with Gasteiger partial charge in [-0.3, -0.25) is 9.59 Å². The second kappa shape index (κ2) is 8.77. The number of thioether (sulfide) groups is 1. The average molecular weight is 382 g/mol. The predicted molar refractivity (Wildman–Crippen MR) is 98.6 cm³/mol. The number of ether oxygens (including phenoxy) is 1. The third-order valence-electron chi connectivity index (χ3n) is 3.16. The van der Waals surface area contributed by atoms with Crippen molar-refractivity contribution in [3.8, 4) is 0 Å². The minimum Gasteiger partial charge on any atom is -0.465 e. The van der Waals surface area contributed by atoms with E-state index < -0.39 is 17.9 Å². The van der Waals surface area contributed by atoms with E-state index in [0.29, 0.717) is 16.4 Å². The number of anilines is 1. The number of hydrogen-bond donors (Lipinski definition) is 1. The van der Waals surface area contributed by atoms with E-state index in [1.54, 1.807) is 38.1 Å². The molecule has 132 valence electrons. The molecular weight excluding hydrogens is 366 g/mol. The fraction of sp³-hybridized carbons (Fsp3) is 0.312. The molecule has 1 aromatic carbocycles. The number of benzene rings is 1. The predicted octanol–water partition coefficient (Wildman–Crippen LogP) is 3.18. The van der Waals surface area contributed by atoms with Crippen LogP contribution in [0.3, 0.4) is 0 Å². The zero-order valence-corrected chi connectivity index (χ0v) is 15.2. The van der Waals surface area contributed by atoms with Gasteiger partial charge < -0.3 is 10.1 Å². The number of halogens is 1. The van der Waals surface area contributed by atoms with E-state index in [2.05, 4.69) is 15.3 Å². The lowest BCUT2D eigenvalue weighted by molar-refractivity contribution is -0.143. The highest BCUT2D eigenvalue weighted by Gasteiger charge is 2.33. The molecule has 0 radical (unpaired) electrons. The zero-order valence-electron chi connectivity index (χ0n) is 13.6. The first-order valence-corrected chi connectivity index (χ1v) is 8.80. The highest BCUT2D eigenvalue weighted by atomic mass is 35.5. The molecule has 1 N–H and O–H groups in total. The lowest BCUT2D eigenvalue weighted by Gasteiger charge is -2.19. The van der Waals surface area contributed by atoms with Crippen LogP contribution in [-0.4, -0.2) is 41.0 Å². The first kappa shape index (κ1) is 19.1. The molecule has 3 amide bonds. The van der Waals surface area contributed by atoms with Gasteiger partial charge in [-0.25, -0.2) is 4.79 Å². The van der Waals surface area contributed by atoms with E-state index in [-0.39, 0.29) is 23.3 Å². The third-order valence-corrected chi connectivity index (χ3v) is 4.52. The van der Waals surface area contributed by atoms with Crippen LogP contribution in [-0.2, 0) is 14.3 Å². The van der Waals surface area contributed by atoms with Crippen LogP contribution in [0.1, 0.15) is 13.8 Å². The van der Waals surface area contributed by atoms with Gasteiger partial charge in [-0.15, -0.1) is 0 Å². The number of nitrogens with zero attached hydrogens (tertiary/aromatic N) is 2. The van der Waals surface area contributed by atoms with E-state index in [9.17, 15) is 14.4 Å². The normalized spacial score (nSPS) is 16.8. The third kappa shape index (κ3) is 5.14. The van der Waals surface area contributed by atoms with Crippen molar-refractivity contribution < 1.29 is 19.1 Å². The molecule has 0 aliphatic carbocycles. The molecule has 1 heterocycles. The fourth-order valence-electron chi connectivity index (χ4n) is 2.08. The van der Waals surface area contributed by atoms with Crippen molar-refractivity contribution in [3.05, 3.63) is 29.3 Å². The summed E-state index contributed by atoms with van der Waals surface area (Å²) in [5.74, 6) is -1.79. The monoisotopic (exact) mass is 381 g/mol. The molecule has 1 aliphatic rings. The summed E-state index contributed by atoms with van der Waals surface area (Å²) in [6.45, 7) is 3.43. The van der Waals surface area contributed by atoms with E-state index >= 15 is 0 Å². The number of carbonyl (C=O) groups excluding carboxylic acids is 3. The minimum absolute atomic E-state index is 0.0411. The van der Waals surface area contributed by atoms with Crippen molar-refractivity contribution in [1.82, 2.24) is 0 Å². The number of amides is 3. The van der Waals surface area contributed by atoms with Crippen LogP contribution >= 0.6 is 23.4 Å². The number of carbonyl (C=O) groups is 3. The Hall–Kier alpha value is -2.19. The molecule has 1 unspecified atom stereocenters. The van der Waals surface area contributed by atoms with Crippen molar-refractivity contribution in [2.75, 3.05) is 17.7 Å². The molecule has 9 heteroatoms. The summed E-state index contributed by atoms with van der Waals surface area (Å²) in [5, 5.41) is 3.28. The molecule has 0 saturated heterocycles. The van der Waals surface area contributed by atoms with Crippen LogP contribution in [0.25, 0.3) is 0 Å². The Morgan fingerprint density at radius 2 is 2.04 bits per heavy atom. The summed E-state index contributed by atoms with van der Waals surface area (Å²) in [5.41, 5.74) is 0.781. The molecule has 0 aromatic heterocycles. The molecule has 1 atom stereocenters. The maximum atomic E-state index is 12.1. The van der Waals surface area contributed by atoms with Gasteiger partial charge >= 0.3 is 12.0 Å². The van der Waals surface area contributed by atoms with Crippen LogP contribution in [0.15, 0.2) is 34.3 Å². The highest BCUT2D eigenvalue weighted by Crippen LogP contribution is 2.23. The second-order valence-corrected chi connectivity index (χ2v) is 6.39. The Balaban J connectivity index is 2.04. The zero-order chi connectivity index (χ0) is 18.4. The van der Waals surface area contributed by atoms with Gasteiger partial charge in [0.05, 0.1) is 28.1 Å². The Morgan fingerprint density at radius 3 is 2.72 bits per heavy atom. The molecule has 2 rings (SSSR count). The smallest absolute Gasteiger partial charge is 0.367 e. The molecule has 25 heavy (non-hydrogen) atoms. The first-order valence-electron chi connectivity index (χ1n) is 7.44. The Kier molecular flexibility index (Phi) is 6.72. The SMILES string of the molecule is CCOC(=O)C1C(C)=NC(=O)N=C1SCC(=O)Nc1ccccc1Cl. The number of nitrogens with one attached hydrogen (secondary N) is 1. The number of para-hydroxylation sites is 1. The minimum atomic E-state index is -0.865.